The van der Waals surface area contributed by atoms with Gasteiger partial charge in [-0.2, -0.15) is 0 Å². The molecule has 37 heavy (non-hydrogen) atoms. The van der Waals surface area contributed by atoms with Gasteiger partial charge in [-0.3, -0.25) is 9.59 Å². The van der Waals surface area contributed by atoms with Crippen molar-refractivity contribution in [3.05, 3.63) is 11.6 Å². The summed E-state index contributed by atoms with van der Waals surface area (Å²) in [5.41, 5.74) is -0.839. The van der Waals surface area contributed by atoms with E-state index in [0.717, 1.165) is 44.9 Å². The Bertz CT molecular complexity index is 1010. The van der Waals surface area contributed by atoms with E-state index in [4.69, 9.17) is 4.74 Å². The minimum absolute atomic E-state index is 0.0170. The topological polar surface area (TPSA) is 104 Å². The molecule has 0 unspecified atom stereocenters. The van der Waals surface area contributed by atoms with Crippen LogP contribution in [0.1, 0.15) is 92.4 Å². The number of ketones is 1. The minimum atomic E-state index is -0.906. The number of ether oxygens (including phenoxy) is 1. The number of fused-ring (bicyclic) bond motifs is 6. The summed E-state index contributed by atoms with van der Waals surface area (Å²) in [5.74, 6) is 0.0677. The molecule has 0 heterocycles. The van der Waals surface area contributed by atoms with E-state index in [-0.39, 0.29) is 52.4 Å². The predicted molar refractivity (Wildman–Crippen MR) is 140 cm³/mol. The van der Waals surface area contributed by atoms with E-state index in [9.17, 15) is 24.9 Å². The first kappa shape index (κ1) is 27.3. The van der Waals surface area contributed by atoms with Crippen LogP contribution in [0.2, 0.25) is 0 Å². The Morgan fingerprint density at radius 2 is 1.57 bits per heavy atom. The molecule has 5 aliphatic carbocycles. The van der Waals surface area contributed by atoms with Crippen LogP contribution < -0.4 is 0 Å². The SMILES string of the molecule is COC(=O)[C@]1(C)[C@@H]2CC[C@@]3(C)CC4=CC(=O)[C@@H]5[C@](C)(CC[C@@H](O)[C@]5(C)CO)[C@H]4CC[C@@H]3[C@@]2(C)CC[C@@H]1O. The van der Waals surface area contributed by atoms with E-state index >= 15 is 0 Å². The van der Waals surface area contributed by atoms with Crippen molar-refractivity contribution < 1.29 is 29.6 Å². The predicted octanol–water partition coefficient (Wildman–Crippen LogP) is 4.44. The lowest BCUT2D eigenvalue weighted by atomic mass is 9.41. The van der Waals surface area contributed by atoms with Crippen LogP contribution in [0.15, 0.2) is 11.6 Å². The first-order valence-corrected chi connectivity index (χ1v) is 14.5. The quantitative estimate of drug-likeness (QED) is 0.469. The van der Waals surface area contributed by atoms with Crippen LogP contribution in [0.4, 0.5) is 0 Å². The fourth-order valence-electron chi connectivity index (χ4n) is 11.1. The zero-order valence-corrected chi connectivity index (χ0v) is 23.7. The number of hydrogen-bond acceptors (Lipinski definition) is 6. The minimum Gasteiger partial charge on any atom is -0.469 e. The molecule has 0 aromatic rings. The van der Waals surface area contributed by atoms with Gasteiger partial charge in [-0.15, -0.1) is 0 Å². The number of allylic oxidation sites excluding steroid dienone is 2. The molecule has 5 aliphatic rings. The smallest absolute Gasteiger partial charge is 0.314 e. The Kier molecular flexibility index (Phi) is 6.37. The van der Waals surface area contributed by atoms with Crippen LogP contribution in [0, 0.1) is 50.7 Å². The van der Waals surface area contributed by atoms with Crippen molar-refractivity contribution in [1.29, 1.82) is 0 Å². The van der Waals surface area contributed by atoms with E-state index < -0.39 is 23.0 Å². The van der Waals surface area contributed by atoms with Crippen molar-refractivity contribution >= 4 is 11.8 Å². The number of aliphatic hydroxyl groups excluding tert-OH is 3. The normalized spacial score (nSPS) is 53.5. The van der Waals surface area contributed by atoms with Crippen LogP contribution >= 0.6 is 0 Å². The van der Waals surface area contributed by atoms with E-state index in [1.807, 2.05) is 19.9 Å². The maximum Gasteiger partial charge on any atom is 0.314 e. The molecule has 11 atom stereocenters. The highest BCUT2D eigenvalue weighted by atomic mass is 16.5. The molecule has 0 spiro atoms. The Balaban J connectivity index is 1.54. The molecule has 3 N–H and O–H groups in total. The van der Waals surface area contributed by atoms with Crippen molar-refractivity contribution in [2.75, 3.05) is 13.7 Å². The zero-order valence-electron chi connectivity index (χ0n) is 23.7. The molecule has 0 aromatic heterocycles. The molecule has 0 saturated heterocycles. The largest absolute Gasteiger partial charge is 0.469 e. The summed E-state index contributed by atoms with van der Waals surface area (Å²) in [7, 11) is 1.43. The number of carbonyl (C=O) groups is 2. The molecule has 5 rings (SSSR count). The van der Waals surface area contributed by atoms with Crippen molar-refractivity contribution in [2.24, 2.45) is 50.7 Å². The van der Waals surface area contributed by atoms with Gasteiger partial charge >= 0.3 is 5.97 Å². The highest BCUT2D eigenvalue weighted by Crippen LogP contribution is 2.70. The van der Waals surface area contributed by atoms with Gasteiger partial charge in [-0.05, 0) is 105 Å². The number of carbonyl (C=O) groups excluding carboxylic acids is 2. The monoisotopic (exact) mass is 516 g/mol. The standard InChI is InChI=1S/C31H48O6/c1-27-12-9-22-29(3,14-11-24(35)31(22,5)26(36)37-6)21(27)8-7-19-18(16-27)15-20(33)25-28(19,2)13-10-23(34)30(25,4)17-32/h15,19,21-25,32,34-35H,7-14,16-17H2,1-6H3/t19-,21-,22+,23+,24-,25+,27-,28+,29+,30-,31+/m0/s1. The summed E-state index contributed by atoms with van der Waals surface area (Å²) in [5, 5.41) is 32.3. The average molecular weight is 517 g/mol. The molecule has 6 nitrogen and oxygen atoms in total. The summed E-state index contributed by atoms with van der Waals surface area (Å²) >= 11 is 0. The van der Waals surface area contributed by atoms with Gasteiger partial charge in [0.1, 0.15) is 0 Å². The molecule has 0 bridgehead atoms. The third kappa shape index (κ3) is 3.47. The van der Waals surface area contributed by atoms with Gasteiger partial charge in [0.15, 0.2) is 5.78 Å². The molecule has 6 heteroatoms. The Hall–Kier alpha value is -1.24. The number of methoxy groups -OCH3 is 1. The van der Waals surface area contributed by atoms with Crippen molar-refractivity contribution in [1.82, 2.24) is 0 Å². The van der Waals surface area contributed by atoms with Gasteiger partial charge < -0.3 is 20.1 Å². The van der Waals surface area contributed by atoms with Crippen LogP contribution in [0.25, 0.3) is 0 Å². The number of rotatable bonds is 2. The first-order valence-electron chi connectivity index (χ1n) is 14.5. The van der Waals surface area contributed by atoms with Gasteiger partial charge in [0.05, 0.1) is 31.3 Å². The molecule has 0 amide bonds. The summed E-state index contributed by atoms with van der Waals surface area (Å²) < 4.78 is 5.26. The number of hydrogen-bond donors (Lipinski definition) is 3. The second-order valence-corrected chi connectivity index (χ2v) is 14.7. The van der Waals surface area contributed by atoms with Crippen LogP contribution in [-0.2, 0) is 14.3 Å². The molecular weight excluding hydrogens is 468 g/mol. The van der Waals surface area contributed by atoms with Gasteiger partial charge in [0, 0.05) is 11.3 Å². The van der Waals surface area contributed by atoms with Gasteiger partial charge in [0.2, 0.25) is 0 Å². The number of aliphatic hydroxyl groups is 3. The maximum atomic E-state index is 13.7. The highest BCUT2D eigenvalue weighted by molar-refractivity contribution is 5.95. The van der Waals surface area contributed by atoms with E-state index in [1.165, 1.54) is 12.7 Å². The molecular formula is C31H48O6. The van der Waals surface area contributed by atoms with E-state index in [0.29, 0.717) is 18.8 Å². The van der Waals surface area contributed by atoms with Gasteiger partial charge in [0.25, 0.3) is 0 Å². The third-order valence-electron chi connectivity index (χ3n) is 13.0. The fourth-order valence-corrected chi connectivity index (χ4v) is 11.1. The van der Waals surface area contributed by atoms with Crippen molar-refractivity contribution in [3.63, 3.8) is 0 Å². The van der Waals surface area contributed by atoms with Crippen LogP contribution in [0.5, 0.6) is 0 Å². The van der Waals surface area contributed by atoms with Gasteiger partial charge in [-0.1, -0.05) is 33.3 Å². The maximum absolute atomic E-state index is 13.7. The van der Waals surface area contributed by atoms with Gasteiger partial charge in [-0.25, -0.2) is 0 Å². The lowest BCUT2D eigenvalue weighted by Crippen LogP contribution is -2.61. The molecule has 208 valence electrons. The number of esters is 1. The van der Waals surface area contributed by atoms with E-state index in [2.05, 4.69) is 20.8 Å². The summed E-state index contributed by atoms with van der Waals surface area (Å²) in [6, 6.07) is 0. The molecule has 0 aromatic carbocycles. The lowest BCUT2D eigenvalue weighted by molar-refractivity contribution is -0.202. The summed E-state index contributed by atoms with van der Waals surface area (Å²) in [6.07, 6.45) is 8.12. The average Bonchev–Trinajstić information content (AvgIpc) is 3.00. The Morgan fingerprint density at radius 1 is 0.919 bits per heavy atom. The van der Waals surface area contributed by atoms with Crippen molar-refractivity contribution in [3.8, 4) is 0 Å². The second-order valence-electron chi connectivity index (χ2n) is 14.7. The fraction of sp³-hybridized carbons (Fsp3) is 0.871. The van der Waals surface area contributed by atoms with Crippen LogP contribution in [0.3, 0.4) is 0 Å². The lowest BCUT2D eigenvalue weighted by Gasteiger charge is -2.63. The van der Waals surface area contributed by atoms with Crippen LogP contribution in [-0.4, -0.2) is 53.0 Å². The Morgan fingerprint density at radius 3 is 2.22 bits per heavy atom. The third-order valence-corrected chi connectivity index (χ3v) is 13.0. The molecule has 4 saturated carbocycles. The first-order chi connectivity index (χ1) is 17.2. The molecule has 0 aliphatic heterocycles. The van der Waals surface area contributed by atoms with Crippen molar-refractivity contribution in [2.45, 2.75) is 105 Å². The molecule has 0 radical (unpaired) electrons. The highest BCUT2D eigenvalue weighted by Gasteiger charge is 2.67. The Labute approximate surface area is 222 Å². The molecule has 4 fully saturated rings. The zero-order chi connectivity index (χ0) is 27.2. The second kappa shape index (κ2) is 8.63. The summed E-state index contributed by atoms with van der Waals surface area (Å²) in [6.45, 7) is 10.6. The van der Waals surface area contributed by atoms with E-state index in [1.54, 1.807) is 0 Å². The summed E-state index contributed by atoms with van der Waals surface area (Å²) in [4.78, 5) is 26.8.